The van der Waals surface area contributed by atoms with Gasteiger partial charge in [0.25, 0.3) is 0 Å². The number of nitrogens with one attached hydrogen (secondary N) is 1. The number of carbonyl (C=O) groups excluding carboxylic acids is 2. The SMILES string of the molecule is CN(CC1CCCCS1)C(=O)C(CC(=O)O)NC(=O)OCC1c2ccccc2-c2ccccc21. The maximum atomic E-state index is 13.0. The number of alkyl carbamates (subject to hydrolysis) is 1. The first kappa shape index (κ1) is 24.1. The third kappa shape index (κ3) is 5.55. The van der Waals surface area contributed by atoms with Gasteiger partial charge in [0.05, 0.1) is 6.42 Å². The van der Waals surface area contributed by atoms with Gasteiger partial charge in [-0.15, -0.1) is 0 Å². The van der Waals surface area contributed by atoms with Crippen LogP contribution in [-0.2, 0) is 14.3 Å². The van der Waals surface area contributed by atoms with Gasteiger partial charge in [0.15, 0.2) is 0 Å². The zero-order valence-corrected chi connectivity index (χ0v) is 20.1. The molecule has 2 atom stereocenters. The van der Waals surface area contributed by atoms with E-state index in [2.05, 4.69) is 17.4 Å². The van der Waals surface area contributed by atoms with Crippen molar-refractivity contribution in [1.82, 2.24) is 10.2 Å². The maximum absolute atomic E-state index is 13.0. The van der Waals surface area contributed by atoms with Gasteiger partial charge in [0, 0.05) is 24.8 Å². The normalized spacial score (nSPS) is 17.9. The molecule has 1 fully saturated rings. The van der Waals surface area contributed by atoms with Gasteiger partial charge in [-0.25, -0.2) is 4.79 Å². The molecule has 2 aromatic carbocycles. The van der Waals surface area contributed by atoms with Crippen LogP contribution < -0.4 is 5.32 Å². The molecule has 8 heteroatoms. The molecule has 180 valence electrons. The molecule has 1 saturated heterocycles. The van der Waals surface area contributed by atoms with Crippen LogP contribution in [0.1, 0.15) is 42.7 Å². The molecule has 0 radical (unpaired) electrons. The number of fused-ring (bicyclic) bond motifs is 3. The summed E-state index contributed by atoms with van der Waals surface area (Å²) in [7, 11) is 1.66. The Balaban J connectivity index is 1.38. The number of aliphatic carboxylic acids is 1. The topological polar surface area (TPSA) is 95.9 Å². The van der Waals surface area contributed by atoms with E-state index < -0.39 is 30.4 Å². The Hall–Kier alpha value is -3.00. The van der Waals surface area contributed by atoms with Crippen LogP contribution in [0.4, 0.5) is 4.79 Å². The summed E-state index contributed by atoms with van der Waals surface area (Å²) in [6, 6.07) is 14.9. The van der Waals surface area contributed by atoms with E-state index in [9.17, 15) is 19.5 Å². The van der Waals surface area contributed by atoms with Crippen LogP contribution in [0.5, 0.6) is 0 Å². The van der Waals surface area contributed by atoms with Crippen molar-refractivity contribution in [2.24, 2.45) is 0 Å². The largest absolute Gasteiger partial charge is 0.481 e. The minimum atomic E-state index is -1.17. The Morgan fingerprint density at radius 1 is 1.09 bits per heavy atom. The molecule has 0 saturated carbocycles. The fourth-order valence-corrected chi connectivity index (χ4v) is 6.14. The van der Waals surface area contributed by atoms with Gasteiger partial charge in [-0.2, -0.15) is 11.8 Å². The zero-order chi connectivity index (χ0) is 24.1. The van der Waals surface area contributed by atoms with Gasteiger partial charge in [-0.1, -0.05) is 55.0 Å². The van der Waals surface area contributed by atoms with Crippen LogP contribution in [0.15, 0.2) is 48.5 Å². The number of rotatable bonds is 8. The monoisotopic (exact) mass is 482 g/mol. The fourth-order valence-electron chi connectivity index (χ4n) is 4.77. The number of thioether (sulfide) groups is 1. The highest BCUT2D eigenvalue weighted by Gasteiger charge is 2.31. The molecule has 2 amide bonds. The predicted octanol–water partition coefficient (Wildman–Crippen LogP) is 4.11. The molecule has 2 N–H and O–H groups in total. The Morgan fingerprint density at radius 3 is 2.32 bits per heavy atom. The second kappa shape index (κ2) is 11.0. The highest BCUT2D eigenvalue weighted by Crippen LogP contribution is 2.44. The molecule has 0 spiro atoms. The van der Waals surface area contributed by atoms with Crippen LogP contribution in [0.3, 0.4) is 0 Å². The Bertz CT molecular complexity index is 1010. The quantitative estimate of drug-likeness (QED) is 0.588. The first-order valence-electron chi connectivity index (χ1n) is 11.6. The molecule has 7 nitrogen and oxygen atoms in total. The third-order valence-electron chi connectivity index (χ3n) is 6.44. The highest BCUT2D eigenvalue weighted by molar-refractivity contribution is 7.99. The Kier molecular flexibility index (Phi) is 7.77. The minimum Gasteiger partial charge on any atom is -0.481 e. The number of nitrogens with zero attached hydrogens (tertiary/aromatic N) is 1. The van der Waals surface area contributed by atoms with Crippen LogP contribution in [-0.4, -0.2) is 65.2 Å². The molecule has 1 aliphatic heterocycles. The summed E-state index contributed by atoms with van der Waals surface area (Å²) in [5.41, 5.74) is 4.40. The average Bonchev–Trinajstić information content (AvgIpc) is 3.16. The molecule has 34 heavy (non-hydrogen) atoms. The zero-order valence-electron chi connectivity index (χ0n) is 19.2. The van der Waals surface area contributed by atoms with Crippen molar-refractivity contribution in [3.05, 3.63) is 59.7 Å². The van der Waals surface area contributed by atoms with E-state index in [1.165, 1.54) is 11.3 Å². The third-order valence-corrected chi connectivity index (χ3v) is 7.82. The molecule has 4 rings (SSSR count). The van der Waals surface area contributed by atoms with Crippen molar-refractivity contribution >= 4 is 29.7 Å². The first-order chi connectivity index (χ1) is 16.4. The van der Waals surface area contributed by atoms with Gasteiger partial charge in [-0.3, -0.25) is 9.59 Å². The van der Waals surface area contributed by atoms with E-state index in [0.717, 1.165) is 40.8 Å². The van der Waals surface area contributed by atoms with Crippen molar-refractivity contribution < 1.29 is 24.2 Å². The minimum absolute atomic E-state index is 0.0996. The molecule has 2 aromatic rings. The number of carboxylic acids is 1. The second-order valence-electron chi connectivity index (χ2n) is 8.83. The van der Waals surface area contributed by atoms with Crippen LogP contribution in [0.25, 0.3) is 11.1 Å². The lowest BCUT2D eigenvalue weighted by molar-refractivity contribution is -0.142. The maximum Gasteiger partial charge on any atom is 0.407 e. The molecule has 0 aromatic heterocycles. The molecule has 1 aliphatic carbocycles. The number of hydrogen-bond donors (Lipinski definition) is 2. The number of hydrogen-bond acceptors (Lipinski definition) is 5. The summed E-state index contributed by atoms with van der Waals surface area (Å²) in [5, 5.41) is 12.1. The van der Waals surface area contributed by atoms with Gasteiger partial charge in [0.1, 0.15) is 12.6 Å². The van der Waals surface area contributed by atoms with E-state index in [0.29, 0.717) is 11.8 Å². The Morgan fingerprint density at radius 2 is 1.74 bits per heavy atom. The lowest BCUT2D eigenvalue weighted by atomic mass is 9.98. The van der Waals surface area contributed by atoms with Crippen LogP contribution in [0.2, 0.25) is 0 Å². The lowest BCUT2D eigenvalue weighted by Crippen LogP contribution is -2.50. The molecule has 1 heterocycles. The number of likely N-dealkylation sites (N-methyl/N-ethyl adjacent to an activating group) is 1. The predicted molar refractivity (Wildman–Crippen MR) is 132 cm³/mol. The number of carboxylic acid groups (broad SMARTS) is 1. The molecular weight excluding hydrogens is 452 g/mol. The van der Waals surface area contributed by atoms with E-state index in [4.69, 9.17) is 4.74 Å². The lowest BCUT2D eigenvalue weighted by Gasteiger charge is -2.29. The first-order valence-corrected chi connectivity index (χ1v) is 12.7. The van der Waals surface area contributed by atoms with Gasteiger partial charge < -0.3 is 20.1 Å². The summed E-state index contributed by atoms with van der Waals surface area (Å²) >= 11 is 1.84. The van der Waals surface area contributed by atoms with Gasteiger partial charge in [-0.05, 0) is 40.8 Å². The van der Waals surface area contributed by atoms with Gasteiger partial charge in [0.2, 0.25) is 5.91 Å². The van der Waals surface area contributed by atoms with Crippen molar-refractivity contribution in [1.29, 1.82) is 0 Å². The van der Waals surface area contributed by atoms with Crippen molar-refractivity contribution in [3.63, 3.8) is 0 Å². The average molecular weight is 483 g/mol. The van der Waals surface area contributed by atoms with Crippen molar-refractivity contribution in [2.75, 3.05) is 26.0 Å². The standard InChI is InChI=1S/C26H30N2O5S/c1-28(15-17-8-6-7-13-34-17)25(31)23(14-24(29)30)27-26(32)33-16-22-20-11-4-2-9-18(20)19-10-3-5-12-21(19)22/h2-5,9-12,17,22-23H,6-8,13-16H2,1H3,(H,27,32)(H,29,30). The molecule has 2 aliphatic rings. The van der Waals surface area contributed by atoms with E-state index in [1.54, 1.807) is 7.05 Å². The van der Waals surface area contributed by atoms with Crippen molar-refractivity contribution in [3.8, 4) is 11.1 Å². The number of carbonyl (C=O) groups is 3. The van der Waals surface area contributed by atoms with Gasteiger partial charge >= 0.3 is 12.1 Å². The molecule has 0 bridgehead atoms. The second-order valence-corrected chi connectivity index (χ2v) is 10.2. The summed E-state index contributed by atoms with van der Waals surface area (Å²) in [6.45, 7) is 0.633. The van der Waals surface area contributed by atoms with E-state index in [1.807, 2.05) is 48.2 Å². The number of ether oxygens (including phenoxy) is 1. The smallest absolute Gasteiger partial charge is 0.407 e. The number of amides is 2. The fraction of sp³-hybridized carbons (Fsp3) is 0.423. The van der Waals surface area contributed by atoms with Crippen molar-refractivity contribution in [2.45, 2.75) is 42.9 Å². The number of benzene rings is 2. The Labute approximate surface area is 203 Å². The molecule has 2 unspecified atom stereocenters. The summed E-state index contributed by atoms with van der Waals surface area (Å²) in [4.78, 5) is 38.5. The molecular formula is C26H30N2O5S. The summed E-state index contributed by atoms with van der Waals surface area (Å²) in [6.07, 6.45) is 2.07. The van der Waals surface area contributed by atoms with E-state index in [-0.39, 0.29) is 12.5 Å². The summed E-state index contributed by atoms with van der Waals surface area (Å²) < 4.78 is 5.51. The van der Waals surface area contributed by atoms with Crippen LogP contribution >= 0.6 is 11.8 Å². The summed E-state index contributed by atoms with van der Waals surface area (Å²) in [5.74, 6) is -0.610. The highest BCUT2D eigenvalue weighted by atomic mass is 32.2. The van der Waals surface area contributed by atoms with Crippen LogP contribution in [0, 0.1) is 0 Å². The van der Waals surface area contributed by atoms with E-state index >= 15 is 0 Å².